The van der Waals surface area contributed by atoms with Crippen molar-refractivity contribution in [2.24, 2.45) is 5.73 Å². The molecule has 0 aliphatic carbocycles. The lowest BCUT2D eigenvalue weighted by molar-refractivity contribution is -0.124. The molecular formula is C26H25N3O4. The third-order valence-corrected chi connectivity index (χ3v) is 5.57. The number of aromatic nitrogens is 1. The van der Waals surface area contributed by atoms with Crippen LogP contribution in [0.2, 0.25) is 0 Å². The maximum absolute atomic E-state index is 13.7. The van der Waals surface area contributed by atoms with Crippen molar-refractivity contribution < 1.29 is 19.1 Å². The maximum Gasteiger partial charge on any atom is 0.245 e. The molecule has 7 nitrogen and oxygen atoms in total. The van der Waals surface area contributed by atoms with Gasteiger partial charge in [0.15, 0.2) is 11.5 Å². The Hall–Kier alpha value is -4.26. The van der Waals surface area contributed by atoms with Crippen molar-refractivity contribution in [3.05, 3.63) is 90.1 Å². The summed E-state index contributed by atoms with van der Waals surface area (Å²) in [5.74, 6) is 0.0436. The summed E-state index contributed by atoms with van der Waals surface area (Å²) in [5, 5.41) is 0.959. The highest BCUT2D eigenvalue weighted by atomic mass is 16.5. The number of amides is 2. The van der Waals surface area contributed by atoms with Gasteiger partial charge >= 0.3 is 0 Å². The van der Waals surface area contributed by atoms with Gasteiger partial charge in [0.05, 0.1) is 20.6 Å². The molecule has 1 heterocycles. The number of rotatable bonds is 8. The lowest BCUT2D eigenvalue weighted by Crippen LogP contribution is -2.42. The Morgan fingerprint density at radius 1 is 0.939 bits per heavy atom. The summed E-state index contributed by atoms with van der Waals surface area (Å²) < 4.78 is 10.7. The van der Waals surface area contributed by atoms with Gasteiger partial charge < -0.3 is 20.2 Å². The van der Waals surface area contributed by atoms with Crippen LogP contribution in [0.3, 0.4) is 0 Å². The molecule has 7 heteroatoms. The molecule has 0 spiro atoms. The molecule has 0 fully saturated rings. The molecule has 4 rings (SSSR count). The van der Waals surface area contributed by atoms with Gasteiger partial charge in [-0.25, -0.2) is 0 Å². The second kappa shape index (κ2) is 9.48. The Labute approximate surface area is 191 Å². The normalized spacial score (nSPS) is 11.7. The minimum atomic E-state index is -1.04. The number of carbonyl (C=O) groups is 2. The van der Waals surface area contributed by atoms with E-state index in [1.165, 1.54) is 19.1 Å². The van der Waals surface area contributed by atoms with Gasteiger partial charge in [-0.1, -0.05) is 42.5 Å². The molecule has 2 amide bonds. The summed E-state index contributed by atoms with van der Waals surface area (Å²) >= 11 is 0. The third-order valence-electron chi connectivity index (χ3n) is 5.57. The van der Waals surface area contributed by atoms with Crippen LogP contribution in [0.15, 0.2) is 79.0 Å². The number of para-hydroxylation sites is 2. The standard InChI is InChI=1S/C26H25N3O4/c1-32-22-13-12-17(14-23(22)33-2)25(26(27)31)29(19-8-4-3-5-9-19)24(30)15-18-16-28-21-11-7-6-10-20(18)21/h3-14,16,25,28H,15H2,1-2H3,(H2,27,31). The quantitative estimate of drug-likeness (QED) is 0.430. The molecule has 0 aliphatic rings. The molecule has 0 saturated heterocycles. The SMILES string of the molecule is COc1ccc(C(C(N)=O)N(C(=O)Cc2c[nH]c3ccccc23)c2ccccc2)cc1OC. The molecule has 0 aliphatic heterocycles. The fraction of sp³-hybridized carbons (Fsp3) is 0.154. The zero-order valence-electron chi connectivity index (χ0n) is 18.4. The van der Waals surface area contributed by atoms with Crippen LogP contribution in [0.25, 0.3) is 10.9 Å². The van der Waals surface area contributed by atoms with Crippen LogP contribution in [-0.4, -0.2) is 31.0 Å². The highest BCUT2D eigenvalue weighted by molar-refractivity contribution is 6.03. The number of methoxy groups -OCH3 is 2. The van der Waals surface area contributed by atoms with Crippen LogP contribution < -0.4 is 20.1 Å². The number of benzene rings is 3. The van der Waals surface area contributed by atoms with Gasteiger partial charge in [0.25, 0.3) is 0 Å². The number of fused-ring (bicyclic) bond motifs is 1. The number of carbonyl (C=O) groups excluding carboxylic acids is 2. The van der Waals surface area contributed by atoms with E-state index >= 15 is 0 Å². The summed E-state index contributed by atoms with van der Waals surface area (Å²) in [6.07, 6.45) is 1.91. The zero-order valence-corrected chi connectivity index (χ0v) is 18.4. The van der Waals surface area contributed by atoms with E-state index in [0.717, 1.165) is 16.5 Å². The number of ether oxygens (including phenoxy) is 2. The number of H-pyrrole nitrogens is 1. The summed E-state index contributed by atoms with van der Waals surface area (Å²) in [6, 6.07) is 20.8. The van der Waals surface area contributed by atoms with Crippen LogP contribution in [0.5, 0.6) is 11.5 Å². The Morgan fingerprint density at radius 2 is 1.64 bits per heavy atom. The number of primary amides is 1. The van der Waals surface area contributed by atoms with Gasteiger partial charge in [-0.2, -0.15) is 0 Å². The van der Waals surface area contributed by atoms with Crippen LogP contribution in [0, 0.1) is 0 Å². The van der Waals surface area contributed by atoms with Gasteiger partial charge in [0, 0.05) is 22.8 Å². The lowest BCUT2D eigenvalue weighted by atomic mass is 10.0. The number of aromatic amines is 1. The van der Waals surface area contributed by atoms with Crippen LogP contribution in [0.1, 0.15) is 17.2 Å². The fourth-order valence-corrected chi connectivity index (χ4v) is 4.02. The molecule has 1 atom stereocenters. The van der Waals surface area contributed by atoms with Gasteiger partial charge in [0.1, 0.15) is 6.04 Å². The van der Waals surface area contributed by atoms with Crippen LogP contribution >= 0.6 is 0 Å². The number of anilines is 1. The molecule has 1 unspecified atom stereocenters. The van der Waals surface area contributed by atoms with Crippen molar-refractivity contribution in [1.82, 2.24) is 4.98 Å². The Balaban J connectivity index is 1.78. The molecule has 0 radical (unpaired) electrons. The third kappa shape index (κ3) is 4.39. The summed E-state index contributed by atoms with van der Waals surface area (Å²) in [4.78, 5) is 31.1. The van der Waals surface area contributed by atoms with Gasteiger partial charge in [0.2, 0.25) is 11.8 Å². The number of hydrogen-bond donors (Lipinski definition) is 2. The number of nitrogens with two attached hydrogens (primary N) is 1. The molecule has 33 heavy (non-hydrogen) atoms. The first-order valence-corrected chi connectivity index (χ1v) is 10.5. The molecular weight excluding hydrogens is 418 g/mol. The van der Waals surface area contributed by atoms with E-state index in [-0.39, 0.29) is 12.3 Å². The molecule has 3 N–H and O–H groups in total. The lowest BCUT2D eigenvalue weighted by Gasteiger charge is -2.30. The first-order chi connectivity index (χ1) is 16.0. The Bertz CT molecular complexity index is 1280. The summed E-state index contributed by atoms with van der Waals surface area (Å²) in [6.45, 7) is 0. The minimum absolute atomic E-state index is 0.0932. The Morgan fingerprint density at radius 3 is 2.33 bits per heavy atom. The van der Waals surface area contributed by atoms with E-state index in [9.17, 15) is 9.59 Å². The number of nitrogens with zero attached hydrogens (tertiary/aromatic N) is 1. The molecule has 0 bridgehead atoms. The van der Waals surface area contributed by atoms with Crippen molar-refractivity contribution in [3.63, 3.8) is 0 Å². The predicted molar refractivity (Wildman–Crippen MR) is 127 cm³/mol. The topological polar surface area (TPSA) is 97.6 Å². The van der Waals surface area contributed by atoms with Crippen molar-refractivity contribution in [3.8, 4) is 11.5 Å². The maximum atomic E-state index is 13.7. The molecule has 168 valence electrons. The van der Waals surface area contributed by atoms with Crippen LogP contribution in [0.4, 0.5) is 5.69 Å². The molecule has 3 aromatic carbocycles. The van der Waals surface area contributed by atoms with Gasteiger partial charge in [-0.3, -0.25) is 14.5 Å². The Kier molecular flexibility index (Phi) is 6.31. The second-order valence-electron chi connectivity index (χ2n) is 7.55. The summed E-state index contributed by atoms with van der Waals surface area (Å²) in [5.41, 5.74) is 8.74. The van der Waals surface area contributed by atoms with E-state index in [1.54, 1.807) is 30.3 Å². The van der Waals surface area contributed by atoms with Crippen molar-refractivity contribution in [1.29, 1.82) is 0 Å². The minimum Gasteiger partial charge on any atom is -0.493 e. The van der Waals surface area contributed by atoms with E-state index < -0.39 is 11.9 Å². The van der Waals surface area contributed by atoms with E-state index in [0.29, 0.717) is 22.7 Å². The summed E-state index contributed by atoms with van der Waals surface area (Å²) in [7, 11) is 3.04. The first kappa shape index (κ1) is 22.0. The zero-order chi connectivity index (χ0) is 23.4. The largest absolute Gasteiger partial charge is 0.493 e. The van der Waals surface area contributed by atoms with Crippen molar-refractivity contribution in [2.45, 2.75) is 12.5 Å². The van der Waals surface area contributed by atoms with Gasteiger partial charge in [-0.05, 0) is 41.5 Å². The second-order valence-corrected chi connectivity index (χ2v) is 7.55. The predicted octanol–water partition coefficient (Wildman–Crippen LogP) is 3.99. The van der Waals surface area contributed by atoms with Crippen molar-refractivity contribution in [2.75, 3.05) is 19.1 Å². The number of hydrogen-bond acceptors (Lipinski definition) is 4. The van der Waals surface area contributed by atoms with E-state index in [4.69, 9.17) is 15.2 Å². The highest BCUT2D eigenvalue weighted by Crippen LogP contribution is 2.34. The average molecular weight is 444 g/mol. The number of nitrogens with one attached hydrogen (secondary N) is 1. The fourth-order valence-electron chi connectivity index (χ4n) is 4.02. The molecule has 4 aromatic rings. The van der Waals surface area contributed by atoms with E-state index in [2.05, 4.69) is 4.98 Å². The van der Waals surface area contributed by atoms with Crippen molar-refractivity contribution >= 4 is 28.4 Å². The highest BCUT2D eigenvalue weighted by Gasteiger charge is 2.32. The monoisotopic (exact) mass is 443 g/mol. The van der Waals surface area contributed by atoms with Gasteiger partial charge in [-0.15, -0.1) is 0 Å². The van der Waals surface area contributed by atoms with E-state index in [1.807, 2.05) is 48.7 Å². The van der Waals surface area contributed by atoms with Crippen LogP contribution in [-0.2, 0) is 16.0 Å². The molecule has 1 aromatic heterocycles. The average Bonchev–Trinajstić information content (AvgIpc) is 3.25. The first-order valence-electron chi connectivity index (χ1n) is 10.5. The molecule has 0 saturated carbocycles. The smallest absolute Gasteiger partial charge is 0.245 e.